The highest BCUT2D eigenvalue weighted by Gasteiger charge is 2.09. The summed E-state index contributed by atoms with van der Waals surface area (Å²) in [6.45, 7) is 0. The molecule has 0 aliphatic carbocycles. The molecule has 0 aliphatic rings. The van der Waals surface area contributed by atoms with Crippen LogP contribution in [0.25, 0.3) is 10.6 Å². The van der Waals surface area contributed by atoms with Crippen LogP contribution in [-0.4, -0.2) is 15.9 Å². The van der Waals surface area contributed by atoms with Crippen molar-refractivity contribution < 1.29 is 4.79 Å². The van der Waals surface area contributed by atoms with Crippen molar-refractivity contribution in [3.8, 4) is 10.6 Å². The molecule has 0 fully saturated rings. The zero-order valence-electron chi connectivity index (χ0n) is 12.5. The van der Waals surface area contributed by atoms with E-state index in [4.69, 9.17) is 23.2 Å². The van der Waals surface area contributed by atoms with E-state index in [0.717, 1.165) is 16.3 Å². The van der Waals surface area contributed by atoms with E-state index >= 15 is 0 Å². The number of pyridine rings is 1. The topological polar surface area (TPSA) is 54.9 Å². The third-order valence-electron chi connectivity index (χ3n) is 3.29. The molecule has 3 rings (SSSR count). The summed E-state index contributed by atoms with van der Waals surface area (Å²) >= 11 is 13.4. The molecule has 0 bridgehead atoms. The Morgan fingerprint density at radius 1 is 1.17 bits per heavy atom. The Bertz CT molecular complexity index is 852. The molecule has 24 heavy (non-hydrogen) atoms. The van der Waals surface area contributed by atoms with Gasteiger partial charge in [0.1, 0.15) is 5.01 Å². The van der Waals surface area contributed by atoms with Gasteiger partial charge in [0.05, 0.1) is 16.4 Å². The molecule has 0 aliphatic heterocycles. The number of carbonyl (C=O) groups excluding carboxylic acids is 1. The van der Waals surface area contributed by atoms with Crippen molar-refractivity contribution in [3.05, 3.63) is 63.8 Å². The van der Waals surface area contributed by atoms with Crippen molar-refractivity contribution >= 4 is 46.1 Å². The highest BCUT2D eigenvalue weighted by molar-refractivity contribution is 7.13. The number of nitrogens with one attached hydrogen (secondary N) is 1. The number of aromatic nitrogens is 2. The zero-order chi connectivity index (χ0) is 16.9. The van der Waals surface area contributed by atoms with E-state index in [1.165, 1.54) is 0 Å². The largest absolute Gasteiger partial charge is 0.325 e. The second kappa shape index (κ2) is 7.75. The minimum absolute atomic E-state index is 0.113. The summed E-state index contributed by atoms with van der Waals surface area (Å²) in [5.74, 6) is -0.113. The van der Waals surface area contributed by atoms with Gasteiger partial charge in [-0.2, -0.15) is 0 Å². The highest BCUT2D eigenvalue weighted by Crippen LogP contribution is 2.26. The molecule has 0 unspecified atom stereocenters. The number of amides is 1. The fourth-order valence-corrected chi connectivity index (χ4v) is 3.41. The maximum Gasteiger partial charge on any atom is 0.224 e. The third-order valence-corrected chi connectivity index (χ3v) is 4.78. The number of nitrogens with zero attached hydrogens (tertiary/aromatic N) is 2. The van der Waals surface area contributed by atoms with Crippen LogP contribution < -0.4 is 5.32 Å². The molecule has 2 aromatic heterocycles. The van der Waals surface area contributed by atoms with Crippen LogP contribution in [0.1, 0.15) is 12.1 Å². The van der Waals surface area contributed by atoms with Crippen molar-refractivity contribution in [2.75, 3.05) is 5.32 Å². The lowest BCUT2D eigenvalue weighted by molar-refractivity contribution is -0.116. The summed E-state index contributed by atoms with van der Waals surface area (Å²) in [5, 5.41) is 6.63. The predicted octanol–water partition coefficient (Wildman–Crippen LogP) is 5.08. The van der Waals surface area contributed by atoms with Crippen LogP contribution in [0.3, 0.4) is 0 Å². The molecule has 0 atom stereocenters. The van der Waals surface area contributed by atoms with Crippen LogP contribution in [-0.2, 0) is 11.2 Å². The molecule has 1 aromatic carbocycles. The van der Waals surface area contributed by atoms with Crippen LogP contribution in [0.15, 0.2) is 48.1 Å². The minimum Gasteiger partial charge on any atom is -0.325 e. The Morgan fingerprint density at radius 2 is 1.96 bits per heavy atom. The number of aryl methyl sites for hydroxylation is 1. The maximum absolute atomic E-state index is 12.1. The van der Waals surface area contributed by atoms with E-state index in [1.807, 2.05) is 17.5 Å². The number of anilines is 1. The minimum atomic E-state index is -0.113. The van der Waals surface area contributed by atoms with Gasteiger partial charge in [-0.25, -0.2) is 4.98 Å². The predicted molar refractivity (Wildman–Crippen MR) is 98.8 cm³/mol. The molecule has 1 amide bonds. The van der Waals surface area contributed by atoms with Crippen LogP contribution in [0.4, 0.5) is 5.69 Å². The first-order valence-corrected chi connectivity index (χ1v) is 8.85. The van der Waals surface area contributed by atoms with Crippen LogP contribution in [0.5, 0.6) is 0 Å². The monoisotopic (exact) mass is 377 g/mol. The molecule has 1 N–H and O–H groups in total. The Hall–Kier alpha value is -1.95. The van der Waals surface area contributed by atoms with Crippen LogP contribution in [0.2, 0.25) is 10.0 Å². The van der Waals surface area contributed by atoms with E-state index in [9.17, 15) is 4.79 Å². The molecule has 0 saturated carbocycles. The van der Waals surface area contributed by atoms with Gasteiger partial charge in [-0.15, -0.1) is 11.3 Å². The average molecular weight is 378 g/mol. The number of thiazole rings is 1. The Morgan fingerprint density at radius 3 is 2.71 bits per heavy atom. The first-order chi connectivity index (χ1) is 11.6. The van der Waals surface area contributed by atoms with Crippen molar-refractivity contribution in [2.24, 2.45) is 0 Å². The molecule has 0 radical (unpaired) electrons. The summed E-state index contributed by atoms with van der Waals surface area (Å²) < 4.78 is 0. The molecule has 122 valence electrons. The lowest BCUT2D eigenvalue weighted by Gasteiger charge is -2.06. The van der Waals surface area contributed by atoms with Gasteiger partial charge in [0.2, 0.25) is 5.91 Å². The van der Waals surface area contributed by atoms with E-state index in [1.54, 1.807) is 41.9 Å². The molecule has 2 heterocycles. The number of hydrogen-bond donors (Lipinski definition) is 1. The maximum atomic E-state index is 12.1. The Labute approximate surface area is 153 Å². The lowest BCUT2D eigenvalue weighted by Crippen LogP contribution is -2.12. The lowest BCUT2D eigenvalue weighted by atomic mass is 10.2. The van der Waals surface area contributed by atoms with Crippen molar-refractivity contribution in [1.82, 2.24) is 9.97 Å². The van der Waals surface area contributed by atoms with Gasteiger partial charge >= 0.3 is 0 Å². The van der Waals surface area contributed by atoms with Crippen LogP contribution in [0, 0.1) is 0 Å². The third kappa shape index (κ3) is 4.32. The van der Waals surface area contributed by atoms with Crippen LogP contribution >= 0.6 is 34.5 Å². The van der Waals surface area contributed by atoms with E-state index in [2.05, 4.69) is 15.3 Å². The molecule has 0 spiro atoms. The van der Waals surface area contributed by atoms with Crippen molar-refractivity contribution in [3.63, 3.8) is 0 Å². The molecule has 0 saturated heterocycles. The molecular weight excluding hydrogens is 365 g/mol. The van der Waals surface area contributed by atoms with Gasteiger partial charge in [-0.1, -0.05) is 23.2 Å². The van der Waals surface area contributed by atoms with E-state index < -0.39 is 0 Å². The Kier molecular flexibility index (Phi) is 5.45. The van der Waals surface area contributed by atoms with Gasteiger partial charge < -0.3 is 5.32 Å². The number of benzene rings is 1. The summed E-state index contributed by atoms with van der Waals surface area (Å²) in [4.78, 5) is 20.6. The summed E-state index contributed by atoms with van der Waals surface area (Å²) in [6, 6.07) is 8.80. The molecular formula is C17H13Cl2N3OS. The van der Waals surface area contributed by atoms with Gasteiger partial charge in [0.15, 0.2) is 0 Å². The van der Waals surface area contributed by atoms with Gasteiger partial charge in [0, 0.05) is 34.8 Å². The van der Waals surface area contributed by atoms with Gasteiger partial charge in [-0.3, -0.25) is 9.78 Å². The number of rotatable bonds is 5. The second-order valence-corrected chi connectivity index (χ2v) is 6.75. The number of halogens is 2. The average Bonchev–Trinajstić information content (AvgIpc) is 3.05. The fourth-order valence-electron chi connectivity index (χ4n) is 2.09. The zero-order valence-corrected chi connectivity index (χ0v) is 14.8. The Balaban J connectivity index is 1.58. The van der Waals surface area contributed by atoms with Gasteiger partial charge in [0.25, 0.3) is 0 Å². The highest BCUT2D eigenvalue weighted by atomic mass is 35.5. The standard InChI is InChI=1S/C17H13Cl2N3OS/c18-12-1-3-15(14(19)9-12)22-16(23)4-2-13-10-24-17(21-13)11-5-7-20-8-6-11/h1,3,5-10H,2,4H2,(H,22,23). The second-order valence-electron chi connectivity index (χ2n) is 5.05. The number of carbonyl (C=O) groups is 1. The quantitative estimate of drug-likeness (QED) is 0.673. The first kappa shape index (κ1) is 16.9. The summed E-state index contributed by atoms with van der Waals surface area (Å²) in [7, 11) is 0. The fraction of sp³-hybridized carbons (Fsp3) is 0.118. The van der Waals surface area contributed by atoms with Crippen molar-refractivity contribution in [2.45, 2.75) is 12.8 Å². The summed E-state index contributed by atoms with van der Waals surface area (Å²) in [5.41, 5.74) is 2.48. The van der Waals surface area contributed by atoms with E-state index in [-0.39, 0.29) is 5.91 Å². The molecule has 4 nitrogen and oxygen atoms in total. The molecule has 7 heteroatoms. The van der Waals surface area contributed by atoms with Crippen molar-refractivity contribution in [1.29, 1.82) is 0 Å². The first-order valence-electron chi connectivity index (χ1n) is 7.21. The van der Waals surface area contributed by atoms with E-state index in [0.29, 0.717) is 28.6 Å². The summed E-state index contributed by atoms with van der Waals surface area (Å²) in [6.07, 6.45) is 4.37. The van der Waals surface area contributed by atoms with Gasteiger partial charge in [-0.05, 0) is 36.8 Å². The normalized spacial score (nSPS) is 10.6. The SMILES string of the molecule is O=C(CCc1csc(-c2ccncc2)n1)Nc1ccc(Cl)cc1Cl. The molecule has 3 aromatic rings. The smallest absolute Gasteiger partial charge is 0.224 e. The number of hydrogen-bond acceptors (Lipinski definition) is 4.